The lowest BCUT2D eigenvalue weighted by Crippen LogP contribution is -2.32. The second-order valence-corrected chi connectivity index (χ2v) is 21.5. The summed E-state index contributed by atoms with van der Waals surface area (Å²) in [6.45, 7) is 0. The minimum Gasteiger partial charge on any atom is -0.310 e. The summed E-state index contributed by atoms with van der Waals surface area (Å²) in [5, 5.41) is 4.92. The van der Waals surface area contributed by atoms with Gasteiger partial charge in [-0.25, -0.2) is 0 Å². The number of benzene rings is 12. The number of nitrogens with zero attached hydrogens (tertiary/aromatic N) is 4. The summed E-state index contributed by atoms with van der Waals surface area (Å²) in [6.07, 6.45) is 0. The number of fused-ring (bicyclic) bond motifs is 15. The highest BCUT2D eigenvalue weighted by molar-refractivity contribution is 7.99. The zero-order valence-corrected chi connectivity index (χ0v) is 43.2. The van der Waals surface area contributed by atoms with E-state index in [0.29, 0.717) is 0 Å². The molecule has 1 aliphatic carbocycles. The number of para-hydroxylation sites is 6. The van der Waals surface area contributed by atoms with Crippen LogP contribution >= 0.6 is 11.8 Å². The van der Waals surface area contributed by atoms with Gasteiger partial charge >= 0.3 is 0 Å². The molecule has 78 heavy (non-hydrogen) atoms. The average Bonchev–Trinajstić information content (AvgIpc) is 3.42. The molecule has 0 saturated heterocycles. The molecule has 2 aromatic heterocycles. The van der Waals surface area contributed by atoms with Gasteiger partial charge in [0.25, 0.3) is 0 Å². The third-order valence-corrected chi connectivity index (χ3v) is 17.5. The van der Waals surface area contributed by atoms with Crippen molar-refractivity contribution in [1.82, 2.24) is 9.13 Å². The van der Waals surface area contributed by atoms with Gasteiger partial charge in [0, 0.05) is 76.8 Å². The van der Waals surface area contributed by atoms with Crippen LogP contribution in [0, 0.1) is 0 Å². The van der Waals surface area contributed by atoms with Gasteiger partial charge in [0.2, 0.25) is 0 Å². The maximum Gasteiger partial charge on any atom is 0.0736 e. The highest BCUT2D eigenvalue weighted by atomic mass is 32.2. The normalized spacial score (nSPS) is 12.9. The van der Waals surface area contributed by atoms with Crippen molar-refractivity contribution in [3.05, 3.63) is 313 Å². The molecule has 16 rings (SSSR count). The molecule has 2 aliphatic rings. The van der Waals surface area contributed by atoms with Gasteiger partial charge in [-0.2, -0.15) is 0 Å². The first-order valence-electron chi connectivity index (χ1n) is 26.7. The molecule has 0 N–H and O–H groups in total. The van der Waals surface area contributed by atoms with Crippen molar-refractivity contribution in [1.29, 1.82) is 0 Å². The number of hydrogen-bond acceptors (Lipinski definition) is 3. The molecule has 0 fully saturated rings. The molecule has 14 aromatic rings. The van der Waals surface area contributed by atoms with E-state index in [2.05, 4.69) is 310 Å². The number of hydrogen-bond donors (Lipinski definition) is 0. The lowest BCUT2D eigenvalue weighted by Gasteiger charge is -2.40. The van der Waals surface area contributed by atoms with Gasteiger partial charge < -0.3 is 18.9 Å². The molecule has 0 atom stereocenters. The van der Waals surface area contributed by atoms with Crippen molar-refractivity contribution in [2.75, 3.05) is 9.80 Å². The van der Waals surface area contributed by atoms with Crippen LogP contribution in [0.1, 0.15) is 22.3 Å². The Morgan fingerprint density at radius 2 is 0.603 bits per heavy atom. The molecule has 0 saturated carbocycles. The third-order valence-electron chi connectivity index (χ3n) is 16.3. The van der Waals surface area contributed by atoms with Crippen LogP contribution in [0.3, 0.4) is 0 Å². The molecule has 12 aromatic carbocycles. The fraction of sp³-hybridized carbons (Fsp3) is 0.0137. The van der Waals surface area contributed by atoms with E-state index in [-0.39, 0.29) is 0 Å². The molecule has 1 aliphatic heterocycles. The number of anilines is 6. The van der Waals surface area contributed by atoms with Crippen LogP contribution < -0.4 is 9.80 Å². The Kier molecular flexibility index (Phi) is 10.1. The van der Waals surface area contributed by atoms with Gasteiger partial charge in [0.15, 0.2) is 0 Å². The Balaban J connectivity index is 0.931. The number of rotatable bonds is 8. The van der Waals surface area contributed by atoms with Gasteiger partial charge in [-0.15, -0.1) is 0 Å². The zero-order valence-electron chi connectivity index (χ0n) is 42.4. The molecule has 0 radical (unpaired) electrons. The largest absolute Gasteiger partial charge is 0.310 e. The maximum absolute atomic E-state index is 2.51. The first kappa shape index (κ1) is 44.5. The van der Waals surface area contributed by atoms with E-state index >= 15 is 0 Å². The molecule has 4 nitrogen and oxygen atoms in total. The van der Waals surface area contributed by atoms with Crippen LogP contribution in [0.5, 0.6) is 0 Å². The van der Waals surface area contributed by atoms with E-state index in [9.17, 15) is 0 Å². The van der Waals surface area contributed by atoms with Gasteiger partial charge in [-0.3, -0.25) is 0 Å². The minimum absolute atomic E-state index is 0.660. The Labute approximate surface area is 457 Å². The maximum atomic E-state index is 2.51. The summed E-state index contributed by atoms with van der Waals surface area (Å²) in [4.78, 5) is 7.44. The highest BCUT2D eigenvalue weighted by Gasteiger charge is 2.51. The Hall–Kier alpha value is -9.81. The Morgan fingerprint density at radius 1 is 0.256 bits per heavy atom. The predicted octanol–water partition coefficient (Wildman–Crippen LogP) is 19.6. The van der Waals surface area contributed by atoms with E-state index in [4.69, 9.17) is 0 Å². The van der Waals surface area contributed by atoms with Gasteiger partial charge in [0.1, 0.15) is 0 Å². The highest BCUT2D eigenvalue weighted by Crippen LogP contribution is 2.63. The fourth-order valence-corrected chi connectivity index (χ4v) is 14.3. The first-order chi connectivity index (χ1) is 38.7. The standard InChI is InChI=1S/C73H48N4S/c1-5-21-49(22-6-1)74(55-39-43-61-59-29-13-17-33-67(59)76(69(61)47-55)51-25-9-3-10-26-51)53-37-41-57-58-42-38-54(46-66(58)73(65(57)45-53)63-31-15-19-35-71(63)78-72-36-20-16-32-64(72)73)75(50-23-7-2-8-24-50)56-40-44-62-60-30-14-18-34-68(60)77(70(62)48-56)52-27-11-4-12-28-52/h1-48H. The van der Waals surface area contributed by atoms with E-state index in [0.717, 1.165) is 56.5 Å². The van der Waals surface area contributed by atoms with E-state index in [1.807, 2.05) is 11.8 Å². The smallest absolute Gasteiger partial charge is 0.0736 e. The van der Waals surface area contributed by atoms with Crippen LogP contribution in [0.25, 0.3) is 66.1 Å². The van der Waals surface area contributed by atoms with Crippen molar-refractivity contribution in [3.8, 4) is 22.5 Å². The van der Waals surface area contributed by atoms with Crippen LogP contribution in [0.4, 0.5) is 34.1 Å². The van der Waals surface area contributed by atoms with Crippen LogP contribution in [-0.2, 0) is 5.41 Å². The summed E-state index contributed by atoms with van der Waals surface area (Å²) >= 11 is 1.88. The van der Waals surface area contributed by atoms with Crippen molar-refractivity contribution in [3.63, 3.8) is 0 Å². The monoisotopic (exact) mass is 1010 g/mol. The minimum atomic E-state index is -0.660. The first-order valence-corrected chi connectivity index (χ1v) is 27.6. The molecular formula is C73H48N4S. The molecule has 0 bridgehead atoms. The van der Waals surface area contributed by atoms with Crippen molar-refractivity contribution in [2.45, 2.75) is 15.2 Å². The molecule has 0 unspecified atom stereocenters. The van der Waals surface area contributed by atoms with Gasteiger partial charge in [-0.1, -0.05) is 182 Å². The zero-order chi connectivity index (χ0) is 51.3. The summed E-state index contributed by atoms with van der Waals surface area (Å²) in [5.41, 5.74) is 20.5. The average molecular weight is 1010 g/mol. The van der Waals surface area contributed by atoms with Crippen molar-refractivity contribution >= 4 is 89.5 Å². The summed E-state index contributed by atoms with van der Waals surface area (Å²) in [6, 6.07) is 108. The Morgan fingerprint density at radius 3 is 1.05 bits per heavy atom. The topological polar surface area (TPSA) is 16.3 Å². The van der Waals surface area contributed by atoms with Gasteiger partial charge in [0.05, 0.1) is 27.5 Å². The number of aromatic nitrogens is 2. The summed E-state index contributed by atoms with van der Waals surface area (Å²) < 4.78 is 4.83. The lowest BCUT2D eigenvalue weighted by molar-refractivity contribution is 0.722. The molecule has 0 amide bonds. The molecule has 366 valence electrons. The van der Waals surface area contributed by atoms with E-state index in [1.54, 1.807) is 0 Å². The third kappa shape index (κ3) is 6.62. The predicted molar refractivity (Wildman–Crippen MR) is 326 cm³/mol. The Bertz CT molecular complexity index is 4360. The molecule has 5 heteroatoms. The second-order valence-electron chi connectivity index (χ2n) is 20.4. The van der Waals surface area contributed by atoms with Gasteiger partial charge in [-0.05, 0) is 155 Å². The lowest BCUT2D eigenvalue weighted by atomic mass is 9.67. The summed E-state index contributed by atoms with van der Waals surface area (Å²) in [7, 11) is 0. The fourth-order valence-electron chi connectivity index (χ4n) is 13.1. The quantitative estimate of drug-likeness (QED) is 0.151. The second kappa shape index (κ2) is 17.6. The summed E-state index contributed by atoms with van der Waals surface area (Å²) in [5.74, 6) is 0. The van der Waals surface area contributed by atoms with E-state index < -0.39 is 5.41 Å². The molecule has 3 heterocycles. The van der Waals surface area contributed by atoms with Crippen LogP contribution in [0.2, 0.25) is 0 Å². The van der Waals surface area contributed by atoms with E-state index in [1.165, 1.54) is 75.7 Å². The van der Waals surface area contributed by atoms with Crippen molar-refractivity contribution in [2.24, 2.45) is 0 Å². The molecule has 1 spiro atoms. The molecular weight excluding hydrogens is 965 g/mol. The van der Waals surface area contributed by atoms with Crippen molar-refractivity contribution < 1.29 is 0 Å². The van der Waals surface area contributed by atoms with Crippen LogP contribution in [0.15, 0.2) is 301 Å². The van der Waals surface area contributed by atoms with Crippen LogP contribution in [-0.4, -0.2) is 9.13 Å². The SMILES string of the molecule is c1ccc(N(c2ccc3c(c2)C2(c4ccccc4Sc4ccccc42)c2cc(N(c4ccccc4)c4ccc5c6ccccc6n(-c6ccccc6)c5c4)ccc2-3)c2ccc3c4ccccc4n(-c4ccccc4)c3c2)cc1.